The number of likely N-dealkylation sites (tertiary alicyclic amines) is 1. The molecule has 4 rings (SSSR count). The maximum absolute atomic E-state index is 13.1. The van der Waals surface area contributed by atoms with Crippen LogP contribution in [-0.2, 0) is 0 Å². The lowest BCUT2D eigenvalue weighted by atomic mass is 10.0. The molecule has 28 heavy (non-hydrogen) atoms. The third-order valence-electron chi connectivity index (χ3n) is 5.47. The van der Waals surface area contributed by atoms with Gasteiger partial charge in [-0.25, -0.2) is 4.98 Å². The molecule has 0 bridgehead atoms. The van der Waals surface area contributed by atoms with Crippen molar-refractivity contribution in [3.63, 3.8) is 0 Å². The van der Waals surface area contributed by atoms with Crippen LogP contribution in [0.3, 0.4) is 0 Å². The normalized spacial score (nSPS) is 16.8. The highest BCUT2D eigenvalue weighted by Crippen LogP contribution is 2.22. The molecule has 0 radical (unpaired) electrons. The fourth-order valence-electron chi connectivity index (χ4n) is 3.75. The maximum atomic E-state index is 13.1. The summed E-state index contributed by atoms with van der Waals surface area (Å²) in [4.78, 5) is 22.4. The summed E-state index contributed by atoms with van der Waals surface area (Å²) in [6, 6.07) is 14.4. The SMILES string of the molecule is Cc1ccc(N[C@H]2CCCN(C(=O)c3cccc(-c4ncc[nH]4)c3)C2)cc1C. The molecule has 1 aliphatic rings. The Kier molecular flexibility index (Phi) is 5.15. The Morgan fingerprint density at radius 1 is 1.18 bits per heavy atom. The molecule has 1 amide bonds. The number of H-pyrrole nitrogens is 1. The maximum Gasteiger partial charge on any atom is 0.253 e. The lowest BCUT2D eigenvalue weighted by Crippen LogP contribution is -2.45. The highest BCUT2D eigenvalue weighted by molar-refractivity contribution is 5.95. The van der Waals surface area contributed by atoms with Crippen LogP contribution in [0.2, 0.25) is 0 Å². The molecule has 144 valence electrons. The molecule has 1 fully saturated rings. The molecule has 0 aliphatic carbocycles. The molecule has 2 aromatic carbocycles. The molecule has 5 heteroatoms. The summed E-state index contributed by atoms with van der Waals surface area (Å²) in [6.07, 6.45) is 5.59. The topological polar surface area (TPSA) is 61.0 Å². The Balaban J connectivity index is 1.46. The zero-order valence-electron chi connectivity index (χ0n) is 16.4. The molecule has 2 heterocycles. The van der Waals surface area contributed by atoms with Gasteiger partial charge in [-0.1, -0.05) is 18.2 Å². The highest BCUT2D eigenvalue weighted by Gasteiger charge is 2.24. The van der Waals surface area contributed by atoms with Gasteiger partial charge in [0, 0.05) is 48.3 Å². The minimum atomic E-state index is 0.0833. The fourth-order valence-corrected chi connectivity index (χ4v) is 3.75. The fraction of sp³-hybridized carbons (Fsp3) is 0.304. The van der Waals surface area contributed by atoms with Crippen molar-refractivity contribution in [2.24, 2.45) is 0 Å². The second-order valence-corrected chi connectivity index (χ2v) is 7.55. The van der Waals surface area contributed by atoms with E-state index in [2.05, 4.69) is 47.3 Å². The molecule has 0 spiro atoms. The molecule has 1 aromatic heterocycles. The van der Waals surface area contributed by atoms with Crippen LogP contribution in [0.1, 0.15) is 34.3 Å². The number of rotatable bonds is 4. The van der Waals surface area contributed by atoms with E-state index in [0.717, 1.165) is 43.0 Å². The number of hydrogen-bond donors (Lipinski definition) is 2. The van der Waals surface area contributed by atoms with E-state index in [9.17, 15) is 4.79 Å². The number of amides is 1. The van der Waals surface area contributed by atoms with Crippen LogP contribution in [0, 0.1) is 13.8 Å². The Labute approximate surface area is 165 Å². The van der Waals surface area contributed by atoms with Gasteiger partial charge in [0.15, 0.2) is 0 Å². The minimum absolute atomic E-state index is 0.0833. The van der Waals surface area contributed by atoms with E-state index in [1.54, 1.807) is 12.4 Å². The second kappa shape index (κ2) is 7.89. The third kappa shape index (κ3) is 3.93. The van der Waals surface area contributed by atoms with Crippen LogP contribution in [0.15, 0.2) is 54.9 Å². The lowest BCUT2D eigenvalue weighted by molar-refractivity contribution is 0.0715. The number of carbonyl (C=O) groups is 1. The smallest absolute Gasteiger partial charge is 0.253 e. The number of carbonyl (C=O) groups excluding carboxylic acids is 1. The molecule has 0 saturated carbocycles. The van der Waals surface area contributed by atoms with Gasteiger partial charge in [0.25, 0.3) is 5.91 Å². The van der Waals surface area contributed by atoms with Gasteiger partial charge in [-0.2, -0.15) is 0 Å². The zero-order valence-corrected chi connectivity index (χ0v) is 16.4. The monoisotopic (exact) mass is 374 g/mol. The van der Waals surface area contributed by atoms with Crippen LogP contribution in [0.25, 0.3) is 11.4 Å². The number of nitrogens with one attached hydrogen (secondary N) is 2. The van der Waals surface area contributed by atoms with Crippen molar-refractivity contribution in [1.82, 2.24) is 14.9 Å². The van der Waals surface area contributed by atoms with E-state index in [0.29, 0.717) is 5.56 Å². The van der Waals surface area contributed by atoms with Crippen molar-refractivity contribution >= 4 is 11.6 Å². The molecule has 5 nitrogen and oxygen atoms in total. The molecule has 1 aliphatic heterocycles. The van der Waals surface area contributed by atoms with Crippen molar-refractivity contribution in [3.8, 4) is 11.4 Å². The Morgan fingerprint density at radius 3 is 2.86 bits per heavy atom. The predicted molar refractivity (Wildman–Crippen MR) is 112 cm³/mol. The average molecular weight is 374 g/mol. The van der Waals surface area contributed by atoms with E-state index >= 15 is 0 Å². The standard InChI is InChI=1S/C23H26N4O/c1-16-8-9-20(13-17(16)2)26-21-7-4-12-27(15-21)23(28)19-6-3-5-18(14-19)22-24-10-11-25-22/h3,5-6,8-11,13-14,21,26H,4,7,12,15H2,1-2H3,(H,24,25)/t21-/m0/s1. The van der Waals surface area contributed by atoms with Crippen molar-refractivity contribution in [2.75, 3.05) is 18.4 Å². The Morgan fingerprint density at radius 2 is 2.07 bits per heavy atom. The molecular weight excluding hydrogens is 348 g/mol. The molecule has 1 saturated heterocycles. The van der Waals surface area contributed by atoms with Crippen molar-refractivity contribution in [3.05, 3.63) is 71.5 Å². The molecule has 3 aromatic rings. The first-order valence-corrected chi connectivity index (χ1v) is 9.83. The van der Waals surface area contributed by atoms with Crippen molar-refractivity contribution < 1.29 is 4.79 Å². The van der Waals surface area contributed by atoms with E-state index in [-0.39, 0.29) is 11.9 Å². The van der Waals surface area contributed by atoms with Gasteiger partial charge in [-0.05, 0) is 62.1 Å². The van der Waals surface area contributed by atoms with Gasteiger partial charge in [0.1, 0.15) is 5.82 Å². The van der Waals surface area contributed by atoms with E-state index in [1.807, 2.05) is 29.2 Å². The van der Waals surface area contributed by atoms with Gasteiger partial charge in [0.2, 0.25) is 0 Å². The first-order chi connectivity index (χ1) is 13.6. The number of imidazole rings is 1. The molecule has 0 unspecified atom stereocenters. The zero-order chi connectivity index (χ0) is 19.5. The van der Waals surface area contributed by atoms with Gasteiger partial charge in [-0.3, -0.25) is 4.79 Å². The number of benzene rings is 2. The number of hydrogen-bond acceptors (Lipinski definition) is 3. The average Bonchev–Trinajstić information content (AvgIpc) is 3.25. The first-order valence-electron chi connectivity index (χ1n) is 9.83. The summed E-state index contributed by atoms with van der Waals surface area (Å²) in [5, 5.41) is 3.61. The summed E-state index contributed by atoms with van der Waals surface area (Å²) < 4.78 is 0. The van der Waals surface area contributed by atoms with Crippen LogP contribution in [-0.4, -0.2) is 39.9 Å². The summed E-state index contributed by atoms with van der Waals surface area (Å²) in [6.45, 7) is 5.77. The molecule has 2 N–H and O–H groups in total. The Bertz CT molecular complexity index is 964. The van der Waals surface area contributed by atoms with E-state index in [4.69, 9.17) is 0 Å². The lowest BCUT2D eigenvalue weighted by Gasteiger charge is -2.34. The van der Waals surface area contributed by atoms with Crippen LogP contribution in [0.4, 0.5) is 5.69 Å². The number of aromatic nitrogens is 2. The third-order valence-corrected chi connectivity index (χ3v) is 5.47. The number of anilines is 1. The van der Waals surface area contributed by atoms with E-state index < -0.39 is 0 Å². The Hall–Kier alpha value is -3.08. The van der Waals surface area contributed by atoms with Gasteiger partial charge < -0.3 is 15.2 Å². The predicted octanol–water partition coefficient (Wildman–Crippen LogP) is 4.41. The number of aryl methyl sites for hydroxylation is 2. The summed E-state index contributed by atoms with van der Waals surface area (Å²) >= 11 is 0. The largest absolute Gasteiger partial charge is 0.381 e. The highest BCUT2D eigenvalue weighted by atomic mass is 16.2. The summed E-state index contributed by atoms with van der Waals surface area (Å²) in [7, 11) is 0. The van der Waals surface area contributed by atoms with Crippen molar-refractivity contribution in [1.29, 1.82) is 0 Å². The number of piperidine rings is 1. The van der Waals surface area contributed by atoms with Gasteiger partial charge >= 0.3 is 0 Å². The van der Waals surface area contributed by atoms with Gasteiger partial charge in [0.05, 0.1) is 0 Å². The summed E-state index contributed by atoms with van der Waals surface area (Å²) in [5.74, 6) is 0.863. The second-order valence-electron chi connectivity index (χ2n) is 7.55. The quantitative estimate of drug-likeness (QED) is 0.711. The minimum Gasteiger partial charge on any atom is -0.381 e. The first kappa shape index (κ1) is 18.3. The van der Waals surface area contributed by atoms with Gasteiger partial charge in [-0.15, -0.1) is 0 Å². The summed E-state index contributed by atoms with van der Waals surface area (Å²) in [5.41, 5.74) is 5.34. The van der Waals surface area contributed by atoms with Crippen LogP contribution < -0.4 is 5.32 Å². The van der Waals surface area contributed by atoms with Crippen LogP contribution >= 0.6 is 0 Å². The van der Waals surface area contributed by atoms with Crippen LogP contribution in [0.5, 0.6) is 0 Å². The van der Waals surface area contributed by atoms with Crippen molar-refractivity contribution in [2.45, 2.75) is 32.7 Å². The van der Waals surface area contributed by atoms with E-state index in [1.165, 1.54) is 11.1 Å². The molecule has 1 atom stereocenters. The molecular formula is C23H26N4O. The number of nitrogens with zero attached hydrogens (tertiary/aromatic N) is 2. The number of aromatic amines is 1.